The molecular weight excluding hydrogens is 375 g/mol. The maximum Gasteiger partial charge on any atom is 0.143 e. The molecule has 1 fully saturated rings. The van der Waals surface area contributed by atoms with Crippen molar-refractivity contribution in [3.63, 3.8) is 0 Å². The predicted octanol–water partition coefficient (Wildman–Crippen LogP) is 1.64. The van der Waals surface area contributed by atoms with Crippen molar-refractivity contribution in [1.82, 2.24) is 19.9 Å². The second kappa shape index (κ2) is 7.05. The SMILES string of the molecule is Cc1ncnc2c1ccn2[C@@H]1C[C@H](Oc2cc(F)cc3c2CNCC3)[C@@H](O)[C@H]1O. The van der Waals surface area contributed by atoms with Gasteiger partial charge in [-0.1, -0.05) is 0 Å². The molecule has 29 heavy (non-hydrogen) atoms. The topological polar surface area (TPSA) is 92.4 Å². The van der Waals surface area contributed by atoms with Gasteiger partial charge in [0.2, 0.25) is 0 Å². The normalized spacial score (nSPS) is 26.6. The minimum absolute atomic E-state index is 0.353. The minimum Gasteiger partial charge on any atom is -0.487 e. The van der Waals surface area contributed by atoms with E-state index in [0.717, 1.165) is 35.2 Å². The zero-order valence-corrected chi connectivity index (χ0v) is 16.0. The van der Waals surface area contributed by atoms with E-state index in [1.54, 1.807) is 6.07 Å². The van der Waals surface area contributed by atoms with Crippen LogP contribution in [0, 0.1) is 12.7 Å². The van der Waals surface area contributed by atoms with Crippen molar-refractivity contribution in [2.24, 2.45) is 0 Å². The number of halogens is 1. The van der Waals surface area contributed by atoms with E-state index in [1.807, 2.05) is 23.8 Å². The summed E-state index contributed by atoms with van der Waals surface area (Å²) in [6, 6.07) is 4.41. The molecule has 152 valence electrons. The van der Waals surface area contributed by atoms with Gasteiger partial charge in [0.05, 0.1) is 11.7 Å². The van der Waals surface area contributed by atoms with Crippen LogP contribution in [0.25, 0.3) is 11.0 Å². The Bertz CT molecular complexity index is 1070. The fraction of sp³-hybridized carbons (Fsp3) is 0.429. The Morgan fingerprint density at radius 2 is 2.10 bits per heavy atom. The average molecular weight is 398 g/mol. The van der Waals surface area contributed by atoms with Crippen LogP contribution in [-0.4, -0.2) is 49.6 Å². The highest BCUT2D eigenvalue weighted by molar-refractivity contribution is 5.78. The fourth-order valence-corrected chi connectivity index (χ4v) is 4.52. The highest BCUT2D eigenvalue weighted by Gasteiger charge is 2.44. The van der Waals surface area contributed by atoms with E-state index in [9.17, 15) is 14.6 Å². The van der Waals surface area contributed by atoms with Gasteiger partial charge in [-0.15, -0.1) is 0 Å². The minimum atomic E-state index is -1.09. The van der Waals surface area contributed by atoms with Crippen LogP contribution >= 0.6 is 0 Å². The van der Waals surface area contributed by atoms with Gasteiger partial charge in [-0.25, -0.2) is 14.4 Å². The van der Waals surface area contributed by atoms with Gasteiger partial charge in [0, 0.05) is 36.2 Å². The summed E-state index contributed by atoms with van der Waals surface area (Å²) in [4.78, 5) is 8.54. The van der Waals surface area contributed by atoms with E-state index in [1.165, 1.54) is 12.4 Å². The van der Waals surface area contributed by atoms with Crippen molar-refractivity contribution in [3.8, 4) is 5.75 Å². The molecule has 0 spiro atoms. The molecule has 3 heterocycles. The molecule has 1 aliphatic carbocycles. The van der Waals surface area contributed by atoms with E-state index < -0.39 is 24.4 Å². The number of fused-ring (bicyclic) bond motifs is 2. The molecule has 3 N–H and O–H groups in total. The van der Waals surface area contributed by atoms with Gasteiger partial charge in [-0.2, -0.15) is 0 Å². The van der Waals surface area contributed by atoms with E-state index in [0.29, 0.717) is 24.4 Å². The largest absolute Gasteiger partial charge is 0.487 e. The first-order valence-electron chi connectivity index (χ1n) is 9.86. The summed E-state index contributed by atoms with van der Waals surface area (Å²) >= 11 is 0. The summed E-state index contributed by atoms with van der Waals surface area (Å²) in [6.07, 6.45) is 1.70. The lowest BCUT2D eigenvalue weighted by Crippen LogP contribution is -2.35. The first-order valence-corrected chi connectivity index (χ1v) is 9.86. The zero-order chi connectivity index (χ0) is 20.1. The molecule has 0 saturated heterocycles. The van der Waals surface area contributed by atoms with Gasteiger partial charge in [0.1, 0.15) is 41.9 Å². The van der Waals surface area contributed by atoms with Gasteiger partial charge < -0.3 is 24.8 Å². The Hall–Kier alpha value is -2.55. The molecule has 1 saturated carbocycles. The smallest absolute Gasteiger partial charge is 0.143 e. The van der Waals surface area contributed by atoms with Crippen LogP contribution in [0.15, 0.2) is 30.7 Å². The van der Waals surface area contributed by atoms with Crippen LogP contribution < -0.4 is 10.1 Å². The van der Waals surface area contributed by atoms with Crippen molar-refractivity contribution in [2.75, 3.05) is 6.54 Å². The molecule has 0 amide bonds. The summed E-state index contributed by atoms with van der Waals surface area (Å²) in [7, 11) is 0. The van der Waals surface area contributed by atoms with E-state index in [-0.39, 0.29) is 5.82 Å². The number of benzene rings is 1. The Kier molecular flexibility index (Phi) is 4.49. The maximum atomic E-state index is 14.1. The lowest BCUT2D eigenvalue weighted by molar-refractivity contribution is -0.0167. The number of rotatable bonds is 3. The van der Waals surface area contributed by atoms with Gasteiger partial charge in [-0.3, -0.25) is 0 Å². The third kappa shape index (κ3) is 3.08. The highest BCUT2D eigenvalue weighted by atomic mass is 19.1. The Morgan fingerprint density at radius 1 is 1.24 bits per heavy atom. The van der Waals surface area contributed by atoms with Crippen molar-refractivity contribution in [2.45, 2.75) is 50.7 Å². The van der Waals surface area contributed by atoms with Crippen molar-refractivity contribution < 1.29 is 19.3 Å². The van der Waals surface area contributed by atoms with E-state index in [2.05, 4.69) is 15.3 Å². The molecule has 0 bridgehead atoms. The monoisotopic (exact) mass is 398 g/mol. The predicted molar refractivity (Wildman–Crippen MR) is 104 cm³/mol. The van der Waals surface area contributed by atoms with Crippen LogP contribution in [0.3, 0.4) is 0 Å². The van der Waals surface area contributed by atoms with Crippen LogP contribution in [0.4, 0.5) is 4.39 Å². The van der Waals surface area contributed by atoms with E-state index in [4.69, 9.17) is 4.74 Å². The number of hydrogen-bond donors (Lipinski definition) is 3. The molecule has 3 aromatic rings. The standard InChI is InChI=1S/C21H23FN4O3/c1-11-14-3-5-26(21(14)25-10-24-11)16-8-18(20(28)19(16)27)29-17-7-13(22)6-12-2-4-23-9-15(12)17/h3,5-7,10,16,18-20,23,27-28H,2,4,8-9H2,1H3/t16-,18+,19+,20-/m1/s1. The lowest BCUT2D eigenvalue weighted by Gasteiger charge is -2.24. The van der Waals surface area contributed by atoms with Crippen LogP contribution in [0.5, 0.6) is 5.75 Å². The Balaban J connectivity index is 1.45. The van der Waals surface area contributed by atoms with Crippen LogP contribution in [0.2, 0.25) is 0 Å². The number of aliphatic hydroxyl groups excluding tert-OH is 2. The van der Waals surface area contributed by atoms with Gasteiger partial charge in [-0.05, 0) is 37.6 Å². The number of ether oxygens (including phenoxy) is 1. The fourth-order valence-electron chi connectivity index (χ4n) is 4.52. The van der Waals surface area contributed by atoms with Gasteiger partial charge >= 0.3 is 0 Å². The third-order valence-corrected chi connectivity index (χ3v) is 6.08. The molecule has 4 atom stereocenters. The van der Waals surface area contributed by atoms with Crippen LogP contribution in [-0.2, 0) is 13.0 Å². The number of nitrogens with zero attached hydrogens (tertiary/aromatic N) is 3. The van der Waals surface area contributed by atoms with Gasteiger partial charge in [0.15, 0.2) is 0 Å². The second-order valence-electron chi connectivity index (χ2n) is 7.83. The average Bonchev–Trinajstić information content (AvgIpc) is 3.25. The van der Waals surface area contributed by atoms with Gasteiger partial charge in [0.25, 0.3) is 0 Å². The first kappa shape index (κ1) is 18.5. The second-order valence-corrected chi connectivity index (χ2v) is 7.83. The summed E-state index contributed by atoms with van der Waals surface area (Å²) in [6.45, 7) is 3.30. The summed E-state index contributed by atoms with van der Waals surface area (Å²) in [5.74, 6) is 0.0773. The summed E-state index contributed by atoms with van der Waals surface area (Å²) in [5, 5.41) is 25.6. The molecular formula is C21H23FN4O3. The molecule has 0 radical (unpaired) electrons. The quantitative estimate of drug-likeness (QED) is 0.621. The molecule has 1 aromatic carbocycles. The number of aryl methyl sites for hydroxylation is 1. The Morgan fingerprint density at radius 3 is 2.97 bits per heavy atom. The molecule has 1 aliphatic heterocycles. The maximum absolute atomic E-state index is 14.1. The Labute approximate surface area is 167 Å². The van der Waals surface area contributed by atoms with E-state index >= 15 is 0 Å². The number of nitrogens with one attached hydrogen (secondary N) is 1. The first-order chi connectivity index (χ1) is 14.0. The van der Waals surface area contributed by atoms with Crippen LogP contribution in [0.1, 0.15) is 29.3 Å². The lowest BCUT2D eigenvalue weighted by atomic mass is 10.00. The van der Waals surface area contributed by atoms with Crippen molar-refractivity contribution in [1.29, 1.82) is 0 Å². The molecule has 2 aromatic heterocycles. The molecule has 5 rings (SSSR count). The molecule has 8 heteroatoms. The number of aliphatic hydroxyl groups is 2. The molecule has 2 aliphatic rings. The number of hydrogen-bond acceptors (Lipinski definition) is 6. The third-order valence-electron chi connectivity index (χ3n) is 6.08. The summed E-state index contributed by atoms with van der Waals surface area (Å²) in [5.41, 5.74) is 3.40. The van der Waals surface area contributed by atoms with Crippen molar-refractivity contribution >= 4 is 11.0 Å². The highest BCUT2D eigenvalue weighted by Crippen LogP contribution is 2.37. The molecule has 7 nitrogen and oxygen atoms in total. The molecule has 0 unspecified atom stereocenters. The summed E-state index contributed by atoms with van der Waals surface area (Å²) < 4.78 is 22.0. The van der Waals surface area contributed by atoms with Crippen molar-refractivity contribution in [3.05, 3.63) is 53.4 Å². The number of aromatic nitrogens is 3. The zero-order valence-electron chi connectivity index (χ0n) is 16.0.